The smallest absolute Gasteiger partial charge is 0.338 e. The summed E-state index contributed by atoms with van der Waals surface area (Å²) in [5.74, 6) is -1.74. The zero-order chi connectivity index (χ0) is 17.0. The fraction of sp³-hybridized carbons (Fsp3) is 0.176. The summed E-state index contributed by atoms with van der Waals surface area (Å²) in [4.78, 5) is 25.3. The van der Waals surface area contributed by atoms with Gasteiger partial charge in [-0.1, -0.05) is 23.7 Å². The Morgan fingerprint density at radius 3 is 2.61 bits per heavy atom. The van der Waals surface area contributed by atoms with Crippen LogP contribution in [0.25, 0.3) is 0 Å². The number of benzene rings is 2. The van der Waals surface area contributed by atoms with E-state index in [1.807, 2.05) is 25.1 Å². The van der Waals surface area contributed by atoms with E-state index in [2.05, 4.69) is 0 Å². The molecule has 0 N–H and O–H groups in total. The van der Waals surface area contributed by atoms with Crippen molar-refractivity contribution >= 4 is 29.2 Å². The first-order valence-corrected chi connectivity index (χ1v) is 7.21. The molecule has 0 unspecified atom stereocenters. The number of carbonyl (C=O) groups excluding carboxylic acids is 2. The Hall–Kier alpha value is -2.40. The molecule has 0 atom stereocenters. The van der Waals surface area contributed by atoms with Crippen LogP contribution in [0.1, 0.15) is 15.9 Å². The number of hydrogen-bond donors (Lipinski definition) is 0. The molecule has 0 aromatic heterocycles. The quantitative estimate of drug-likeness (QED) is 0.802. The number of nitrogens with zero attached hydrogens (tertiary/aromatic N) is 1. The van der Waals surface area contributed by atoms with Crippen LogP contribution in [0, 0.1) is 12.7 Å². The SMILES string of the molecule is Cc1cccc(N(C)C(=O)COC(=O)c2ccc(F)c(Cl)c2)c1. The van der Waals surface area contributed by atoms with Gasteiger partial charge in [0.2, 0.25) is 0 Å². The first-order valence-electron chi connectivity index (χ1n) is 6.84. The Kier molecular flexibility index (Phi) is 5.34. The number of ether oxygens (including phenoxy) is 1. The number of carbonyl (C=O) groups is 2. The maximum atomic E-state index is 13.1. The number of aryl methyl sites for hydroxylation is 1. The van der Waals surface area contributed by atoms with E-state index in [4.69, 9.17) is 16.3 Å². The van der Waals surface area contributed by atoms with E-state index in [0.717, 1.165) is 17.7 Å². The van der Waals surface area contributed by atoms with E-state index < -0.39 is 18.4 Å². The van der Waals surface area contributed by atoms with Crippen LogP contribution < -0.4 is 4.90 Å². The minimum absolute atomic E-state index is 0.0856. The van der Waals surface area contributed by atoms with Crippen molar-refractivity contribution in [2.45, 2.75) is 6.92 Å². The van der Waals surface area contributed by atoms with Crippen LogP contribution in [0.4, 0.5) is 10.1 Å². The summed E-state index contributed by atoms with van der Waals surface area (Å²) in [5.41, 5.74) is 1.80. The van der Waals surface area contributed by atoms with Gasteiger partial charge in [-0.2, -0.15) is 0 Å². The summed E-state index contributed by atoms with van der Waals surface area (Å²) in [6, 6.07) is 10.9. The monoisotopic (exact) mass is 335 g/mol. The van der Waals surface area contributed by atoms with Gasteiger partial charge >= 0.3 is 5.97 Å². The zero-order valence-electron chi connectivity index (χ0n) is 12.7. The number of amides is 1. The van der Waals surface area contributed by atoms with Crippen molar-refractivity contribution in [3.63, 3.8) is 0 Å². The average Bonchev–Trinajstić information content (AvgIpc) is 2.54. The molecule has 0 spiro atoms. The Balaban J connectivity index is 1.98. The van der Waals surface area contributed by atoms with Crippen LogP contribution in [-0.2, 0) is 9.53 Å². The van der Waals surface area contributed by atoms with Crippen molar-refractivity contribution in [2.24, 2.45) is 0 Å². The second kappa shape index (κ2) is 7.24. The van der Waals surface area contributed by atoms with E-state index in [1.165, 1.54) is 11.0 Å². The van der Waals surface area contributed by atoms with Crippen LogP contribution >= 0.6 is 11.6 Å². The number of anilines is 1. The predicted molar refractivity (Wildman–Crippen MR) is 86.3 cm³/mol. The van der Waals surface area contributed by atoms with Gasteiger partial charge in [0, 0.05) is 12.7 Å². The van der Waals surface area contributed by atoms with E-state index >= 15 is 0 Å². The summed E-state index contributed by atoms with van der Waals surface area (Å²) in [7, 11) is 1.60. The van der Waals surface area contributed by atoms with Crippen molar-refractivity contribution in [1.29, 1.82) is 0 Å². The molecule has 2 rings (SSSR count). The Morgan fingerprint density at radius 2 is 1.96 bits per heavy atom. The van der Waals surface area contributed by atoms with Gasteiger partial charge in [0.15, 0.2) is 6.61 Å². The van der Waals surface area contributed by atoms with Crippen LogP contribution in [-0.4, -0.2) is 25.5 Å². The van der Waals surface area contributed by atoms with Crippen molar-refractivity contribution in [2.75, 3.05) is 18.6 Å². The molecule has 0 bridgehead atoms. The topological polar surface area (TPSA) is 46.6 Å². The number of halogens is 2. The Labute approximate surface area is 138 Å². The third-order valence-corrected chi connectivity index (χ3v) is 3.53. The number of likely N-dealkylation sites (N-methyl/N-ethyl adjacent to an activating group) is 1. The zero-order valence-corrected chi connectivity index (χ0v) is 13.4. The van der Waals surface area contributed by atoms with Crippen LogP contribution in [0.3, 0.4) is 0 Å². The van der Waals surface area contributed by atoms with Crippen molar-refractivity contribution < 1.29 is 18.7 Å². The fourth-order valence-corrected chi connectivity index (χ4v) is 2.09. The molecule has 6 heteroatoms. The highest BCUT2D eigenvalue weighted by Gasteiger charge is 2.15. The minimum Gasteiger partial charge on any atom is -0.452 e. The number of esters is 1. The third-order valence-electron chi connectivity index (χ3n) is 3.25. The van der Waals surface area contributed by atoms with Crippen LogP contribution in [0.15, 0.2) is 42.5 Å². The molecule has 1 amide bonds. The van der Waals surface area contributed by atoms with Crippen molar-refractivity contribution in [3.8, 4) is 0 Å². The molecular weight excluding hydrogens is 321 g/mol. The predicted octanol–water partition coefficient (Wildman–Crippen LogP) is 3.61. The Bertz CT molecular complexity index is 748. The van der Waals surface area contributed by atoms with Gasteiger partial charge in [-0.15, -0.1) is 0 Å². The Morgan fingerprint density at radius 1 is 1.22 bits per heavy atom. The summed E-state index contributed by atoms with van der Waals surface area (Å²) in [6.07, 6.45) is 0. The molecule has 0 fully saturated rings. The molecule has 2 aromatic carbocycles. The summed E-state index contributed by atoms with van der Waals surface area (Å²) < 4.78 is 18.0. The molecule has 0 saturated carbocycles. The van der Waals surface area contributed by atoms with E-state index in [1.54, 1.807) is 13.1 Å². The van der Waals surface area contributed by atoms with Gasteiger partial charge < -0.3 is 9.64 Å². The summed E-state index contributed by atoms with van der Waals surface area (Å²) >= 11 is 5.61. The molecule has 120 valence electrons. The third kappa shape index (κ3) is 4.29. The first kappa shape index (κ1) is 17.0. The highest BCUT2D eigenvalue weighted by Crippen LogP contribution is 2.17. The van der Waals surface area contributed by atoms with Gasteiger partial charge in [-0.25, -0.2) is 9.18 Å². The first-order chi connectivity index (χ1) is 10.9. The van der Waals surface area contributed by atoms with Crippen LogP contribution in [0.2, 0.25) is 5.02 Å². The van der Waals surface area contributed by atoms with Gasteiger partial charge in [-0.3, -0.25) is 4.79 Å². The maximum Gasteiger partial charge on any atom is 0.338 e. The van der Waals surface area contributed by atoms with E-state index in [9.17, 15) is 14.0 Å². The standard InChI is InChI=1S/C17H15ClFNO3/c1-11-4-3-5-13(8-11)20(2)16(21)10-23-17(22)12-6-7-15(19)14(18)9-12/h3-9H,10H2,1-2H3. The molecule has 23 heavy (non-hydrogen) atoms. The van der Waals surface area contributed by atoms with Gasteiger partial charge in [0.1, 0.15) is 5.82 Å². The van der Waals surface area contributed by atoms with Gasteiger partial charge in [0.05, 0.1) is 10.6 Å². The maximum absolute atomic E-state index is 13.1. The number of hydrogen-bond acceptors (Lipinski definition) is 3. The highest BCUT2D eigenvalue weighted by atomic mass is 35.5. The summed E-state index contributed by atoms with van der Waals surface area (Å²) in [6.45, 7) is 1.50. The molecule has 0 heterocycles. The molecule has 2 aromatic rings. The molecule has 0 aliphatic rings. The molecule has 4 nitrogen and oxygen atoms in total. The second-order valence-corrected chi connectivity index (χ2v) is 5.40. The lowest BCUT2D eigenvalue weighted by molar-refractivity contribution is -0.121. The molecule has 0 aliphatic heterocycles. The highest BCUT2D eigenvalue weighted by molar-refractivity contribution is 6.31. The van der Waals surface area contributed by atoms with Gasteiger partial charge in [0.25, 0.3) is 5.91 Å². The van der Waals surface area contributed by atoms with Crippen LogP contribution in [0.5, 0.6) is 0 Å². The largest absolute Gasteiger partial charge is 0.452 e. The van der Waals surface area contributed by atoms with Crippen molar-refractivity contribution in [1.82, 2.24) is 0 Å². The second-order valence-electron chi connectivity index (χ2n) is 5.00. The molecule has 0 saturated heterocycles. The summed E-state index contributed by atoms with van der Waals surface area (Å²) in [5, 5.41) is -0.178. The van der Waals surface area contributed by atoms with Crippen molar-refractivity contribution in [3.05, 3.63) is 64.4 Å². The molecular formula is C17H15ClFNO3. The molecule has 0 radical (unpaired) electrons. The lowest BCUT2D eigenvalue weighted by Gasteiger charge is -2.17. The minimum atomic E-state index is -0.738. The lowest BCUT2D eigenvalue weighted by atomic mass is 10.2. The normalized spacial score (nSPS) is 10.3. The van der Waals surface area contributed by atoms with E-state index in [0.29, 0.717) is 5.69 Å². The fourth-order valence-electron chi connectivity index (χ4n) is 1.91. The van der Waals surface area contributed by atoms with Gasteiger partial charge in [-0.05, 0) is 42.8 Å². The lowest BCUT2D eigenvalue weighted by Crippen LogP contribution is -2.31. The van der Waals surface area contributed by atoms with E-state index in [-0.39, 0.29) is 16.5 Å². The average molecular weight is 336 g/mol. The number of rotatable bonds is 4. The molecule has 0 aliphatic carbocycles.